The van der Waals surface area contributed by atoms with Gasteiger partial charge >= 0.3 is 0 Å². The van der Waals surface area contributed by atoms with Crippen molar-refractivity contribution in [1.29, 1.82) is 0 Å². The first-order valence-corrected chi connectivity index (χ1v) is 8.41. The predicted octanol–water partition coefficient (Wildman–Crippen LogP) is 4.28. The van der Waals surface area contributed by atoms with Crippen LogP contribution < -0.4 is 0 Å². The summed E-state index contributed by atoms with van der Waals surface area (Å²) in [5.74, 6) is -0.878. The molecule has 0 aromatic heterocycles. The predicted molar refractivity (Wildman–Crippen MR) is 95.7 cm³/mol. The normalized spacial score (nSPS) is 15.8. The third-order valence-corrected chi connectivity index (χ3v) is 4.76. The van der Waals surface area contributed by atoms with Gasteiger partial charge < -0.3 is 0 Å². The van der Waals surface area contributed by atoms with E-state index in [-0.39, 0.29) is 17.1 Å². The highest BCUT2D eigenvalue weighted by molar-refractivity contribution is 8.18. The molecule has 26 heavy (non-hydrogen) atoms. The largest absolute Gasteiger partial charge is 0.293 e. The quantitative estimate of drug-likeness (QED) is 0.455. The van der Waals surface area contributed by atoms with Crippen molar-refractivity contribution < 1.29 is 18.9 Å². The molecule has 0 N–H and O–H groups in total. The molecule has 0 spiro atoms. The lowest BCUT2D eigenvalue weighted by molar-refractivity contribution is -0.385. The van der Waals surface area contributed by atoms with Gasteiger partial charge in [-0.25, -0.2) is 4.39 Å². The van der Waals surface area contributed by atoms with E-state index < -0.39 is 21.9 Å². The molecule has 1 aliphatic heterocycles. The number of carbonyl (C=O) groups is 2. The summed E-state index contributed by atoms with van der Waals surface area (Å²) in [6, 6.07) is 10.1. The van der Waals surface area contributed by atoms with Crippen LogP contribution in [0.25, 0.3) is 6.08 Å². The zero-order valence-electron chi connectivity index (χ0n) is 13.6. The fraction of sp³-hybridized carbons (Fsp3) is 0.111. The van der Waals surface area contributed by atoms with Crippen molar-refractivity contribution in [2.24, 2.45) is 0 Å². The number of nitro benzene ring substituents is 1. The van der Waals surface area contributed by atoms with E-state index in [9.17, 15) is 24.1 Å². The molecule has 2 aromatic rings. The molecular weight excluding hydrogens is 359 g/mol. The number of hydrogen-bond acceptors (Lipinski definition) is 5. The second kappa shape index (κ2) is 7.09. The minimum atomic E-state index is -0.493. The molecule has 0 saturated carbocycles. The second-order valence-electron chi connectivity index (χ2n) is 5.70. The van der Waals surface area contributed by atoms with Crippen LogP contribution in [0.2, 0.25) is 0 Å². The van der Waals surface area contributed by atoms with Crippen LogP contribution in [0.15, 0.2) is 47.4 Å². The van der Waals surface area contributed by atoms with Crippen LogP contribution in [-0.2, 0) is 11.3 Å². The SMILES string of the molecule is Cc1ccc(/C=C2\SC(=O)N(Cc3ccc(F)cc3)C2=O)cc1[N+](=O)[O-]. The van der Waals surface area contributed by atoms with Gasteiger partial charge in [-0.15, -0.1) is 0 Å². The van der Waals surface area contributed by atoms with Crippen LogP contribution in [0.3, 0.4) is 0 Å². The lowest BCUT2D eigenvalue weighted by Gasteiger charge is -2.12. The van der Waals surface area contributed by atoms with Crippen molar-refractivity contribution in [3.8, 4) is 0 Å². The van der Waals surface area contributed by atoms with E-state index in [2.05, 4.69) is 0 Å². The number of rotatable bonds is 4. The fourth-order valence-electron chi connectivity index (χ4n) is 2.47. The van der Waals surface area contributed by atoms with E-state index >= 15 is 0 Å². The van der Waals surface area contributed by atoms with E-state index in [1.54, 1.807) is 19.1 Å². The van der Waals surface area contributed by atoms with Crippen molar-refractivity contribution in [1.82, 2.24) is 4.90 Å². The number of nitro groups is 1. The first-order chi connectivity index (χ1) is 12.3. The van der Waals surface area contributed by atoms with Gasteiger partial charge in [-0.2, -0.15) is 0 Å². The molecule has 0 aliphatic carbocycles. The van der Waals surface area contributed by atoms with Gasteiger partial charge in [0.05, 0.1) is 16.4 Å². The lowest BCUT2D eigenvalue weighted by atomic mass is 10.1. The molecule has 132 valence electrons. The number of nitrogens with zero attached hydrogens (tertiary/aromatic N) is 2. The molecule has 2 amide bonds. The summed E-state index contributed by atoms with van der Waals surface area (Å²) in [6.45, 7) is 1.66. The average molecular weight is 372 g/mol. The number of halogens is 1. The molecule has 0 radical (unpaired) electrons. The Bertz CT molecular complexity index is 941. The van der Waals surface area contributed by atoms with E-state index in [0.717, 1.165) is 16.7 Å². The molecule has 3 rings (SSSR count). The standard InChI is InChI=1S/C18H13FN2O4S/c1-11-2-3-13(8-15(11)21(24)25)9-16-17(22)20(18(23)26-16)10-12-4-6-14(19)7-5-12/h2-9H,10H2,1H3/b16-9-. The highest BCUT2D eigenvalue weighted by Crippen LogP contribution is 2.34. The summed E-state index contributed by atoms with van der Waals surface area (Å²) in [4.78, 5) is 36.4. The van der Waals surface area contributed by atoms with Crippen molar-refractivity contribution in [2.75, 3.05) is 0 Å². The van der Waals surface area contributed by atoms with Gasteiger partial charge in [-0.1, -0.05) is 24.3 Å². The Morgan fingerprint density at radius 2 is 1.88 bits per heavy atom. The molecule has 0 atom stereocenters. The van der Waals surface area contributed by atoms with E-state index in [4.69, 9.17) is 0 Å². The molecule has 6 nitrogen and oxygen atoms in total. The van der Waals surface area contributed by atoms with Crippen LogP contribution in [0.1, 0.15) is 16.7 Å². The maximum absolute atomic E-state index is 13.0. The fourth-order valence-corrected chi connectivity index (χ4v) is 3.31. The smallest absolute Gasteiger partial charge is 0.268 e. The van der Waals surface area contributed by atoms with Crippen LogP contribution in [0.5, 0.6) is 0 Å². The summed E-state index contributed by atoms with van der Waals surface area (Å²) in [5.41, 5.74) is 1.55. The topological polar surface area (TPSA) is 80.5 Å². The number of aryl methyl sites for hydroxylation is 1. The number of imide groups is 1. The molecule has 8 heteroatoms. The number of benzene rings is 2. The Balaban J connectivity index is 1.84. The third kappa shape index (κ3) is 3.65. The van der Waals surface area contributed by atoms with Crippen molar-refractivity contribution in [3.05, 3.63) is 80.0 Å². The van der Waals surface area contributed by atoms with Crippen LogP contribution in [-0.4, -0.2) is 21.0 Å². The van der Waals surface area contributed by atoms with Crippen molar-refractivity contribution in [3.63, 3.8) is 0 Å². The number of hydrogen-bond donors (Lipinski definition) is 0. The summed E-state index contributed by atoms with van der Waals surface area (Å²) < 4.78 is 13.0. The van der Waals surface area contributed by atoms with Gasteiger partial charge in [0, 0.05) is 11.6 Å². The zero-order chi connectivity index (χ0) is 18.8. The summed E-state index contributed by atoms with van der Waals surface area (Å²) in [6.07, 6.45) is 1.46. The first kappa shape index (κ1) is 17.8. The van der Waals surface area contributed by atoms with Gasteiger partial charge in [0.1, 0.15) is 5.82 Å². The highest BCUT2D eigenvalue weighted by Gasteiger charge is 2.35. The van der Waals surface area contributed by atoms with Crippen LogP contribution >= 0.6 is 11.8 Å². The number of carbonyl (C=O) groups excluding carboxylic acids is 2. The highest BCUT2D eigenvalue weighted by atomic mass is 32.2. The zero-order valence-corrected chi connectivity index (χ0v) is 14.5. The Labute approximate surface area is 152 Å². The minimum absolute atomic E-state index is 0.0380. The molecule has 1 saturated heterocycles. The molecule has 0 bridgehead atoms. The van der Waals surface area contributed by atoms with Gasteiger partial charge in [0.2, 0.25) is 0 Å². The van der Waals surface area contributed by atoms with Crippen molar-refractivity contribution in [2.45, 2.75) is 13.5 Å². The van der Waals surface area contributed by atoms with Crippen LogP contribution in [0, 0.1) is 22.9 Å². The maximum Gasteiger partial charge on any atom is 0.293 e. The van der Waals surface area contributed by atoms with Gasteiger partial charge in [0.25, 0.3) is 16.8 Å². The Kier molecular flexibility index (Phi) is 4.85. The molecule has 1 fully saturated rings. The minimum Gasteiger partial charge on any atom is -0.268 e. The summed E-state index contributed by atoms with van der Waals surface area (Å²) >= 11 is 0.772. The maximum atomic E-state index is 13.0. The molecule has 0 unspecified atom stereocenters. The Morgan fingerprint density at radius 1 is 1.19 bits per heavy atom. The molecule has 1 heterocycles. The van der Waals surface area contributed by atoms with Gasteiger partial charge in [-0.3, -0.25) is 24.6 Å². The number of amides is 2. The van der Waals surface area contributed by atoms with Gasteiger partial charge in [0.15, 0.2) is 0 Å². The second-order valence-corrected chi connectivity index (χ2v) is 6.69. The Morgan fingerprint density at radius 3 is 2.54 bits per heavy atom. The Hall–Kier alpha value is -3.00. The van der Waals surface area contributed by atoms with Crippen molar-refractivity contribution >= 4 is 34.7 Å². The molecule has 1 aliphatic rings. The summed E-state index contributed by atoms with van der Waals surface area (Å²) in [5, 5.41) is 10.6. The first-order valence-electron chi connectivity index (χ1n) is 7.60. The van der Waals surface area contributed by atoms with E-state index in [1.165, 1.54) is 36.4 Å². The molecule has 2 aromatic carbocycles. The monoisotopic (exact) mass is 372 g/mol. The number of thioether (sulfide) groups is 1. The molecular formula is C18H13FN2O4S. The van der Waals surface area contributed by atoms with E-state index in [1.807, 2.05) is 0 Å². The lowest BCUT2D eigenvalue weighted by Crippen LogP contribution is -2.27. The van der Waals surface area contributed by atoms with Crippen LogP contribution in [0.4, 0.5) is 14.9 Å². The average Bonchev–Trinajstić information content (AvgIpc) is 2.85. The van der Waals surface area contributed by atoms with Gasteiger partial charge in [-0.05, 0) is 48.0 Å². The van der Waals surface area contributed by atoms with E-state index in [0.29, 0.717) is 16.7 Å². The third-order valence-electron chi connectivity index (χ3n) is 3.86. The summed E-state index contributed by atoms with van der Waals surface area (Å²) in [7, 11) is 0.